The van der Waals surface area contributed by atoms with Gasteiger partial charge >= 0.3 is 0 Å². The lowest BCUT2D eigenvalue weighted by Gasteiger charge is -2.22. The molecule has 1 aromatic heterocycles. The van der Waals surface area contributed by atoms with E-state index in [2.05, 4.69) is 46.1 Å². The largest absolute Gasteiger partial charge is 0.381 e. The summed E-state index contributed by atoms with van der Waals surface area (Å²) in [5.74, 6) is 3.25. The predicted octanol–water partition coefficient (Wildman–Crippen LogP) is 3.51. The molecule has 1 aromatic carbocycles. The molecule has 0 bridgehead atoms. The molecular formula is C23H32N4O2. The molecule has 4 rings (SSSR count). The summed E-state index contributed by atoms with van der Waals surface area (Å²) in [5, 5.41) is 12.2. The van der Waals surface area contributed by atoms with Gasteiger partial charge in [-0.25, -0.2) is 0 Å². The van der Waals surface area contributed by atoms with Gasteiger partial charge in [0.05, 0.1) is 0 Å². The van der Waals surface area contributed by atoms with Crippen LogP contribution in [0, 0.1) is 5.92 Å². The fourth-order valence-electron chi connectivity index (χ4n) is 4.44. The van der Waals surface area contributed by atoms with Crippen molar-refractivity contribution in [3.05, 3.63) is 47.0 Å². The van der Waals surface area contributed by atoms with Crippen LogP contribution in [0.25, 0.3) is 0 Å². The first kappa shape index (κ1) is 20.1. The van der Waals surface area contributed by atoms with Gasteiger partial charge in [-0.15, -0.1) is 10.2 Å². The van der Waals surface area contributed by atoms with Crippen molar-refractivity contribution in [3.8, 4) is 0 Å². The number of aryl methyl sites for hydroxylation is 1. The summed E-state index contributed by atoms with van der Waals surface area (Å²) in [5.41, 5.74) is 2.02. The fraction of sp³-hybridized carbons (Fsp3) is 0.609. The van der Waals surface area contributed by atoms with Crippen LogP contribution in [0.2, 0.25) is 0 Å². The molecule has 1 amide bonds. The lowest BCUT2D eigenvalue weighted by Crippen LogP contribution is -2.35. The molecule has 0 radical (unpaired) electrons. The number of benzene rings is 1. The molecule has 156 valence electrons. The van der Waals surface area contributed by atoms with E-state index in [1.807, 2.05) is 12.1 Å². The Balaban J connectivity index is 1.36. The Morgan fingerprint density at radius 1 is 1.14 bits per heavy atom. The van der Waals surface area contributed by atoms with Crippen LogP contribution in [0.4, 0.5) is 0 Å². The van der Waals surface area contributed by atoms with Gasteiger partial charge in [-0.05, 0) is 55.7 Å². The number of amides is 1. The van der Waals surface area contributed by atoms with E-state index < -0.39 is 0 Å². The van der Waals surface area contributed by atoms with Crippen molar-refractivity contribution in [2.24, 2.45) is 5.92 Å². The normalized spacial score (nSPS) is 20.3. The molecule has 1 saturated heterocycles. The van der Waals surface area contributed by atoms with Crippen LogP contribution in [0.1, 0.15) is 73.0 Å². The van der Waals surface area contributed by atoms with Crippen LogP contribution in [-0.2, 0) is 24.1 Å². The van der Waals surface area contributed by atoms with Crippen LogP contribution in [0.15, 0.2) is 24.3 Å². The highest BCUT2D eigenvalue weighted by molar-refractivity contribution is 5.94. The second-order valence-electron chi connectivity index (χ2n) is 8.81. The zero-order valence-electron chi connectivity index (χ0n) is 17.6. The van der Waals surface area contributed by atoms with Gasteiger partial charge in [-0.2, -0.15) is 0 Å². The third-order valence-electron chi connectivity index (χ3n) is 6.06. The van der Waals surface area contributed by atoms with Crippen LogP contribution in [0.3, 0.4) is 0 Å². The Labute approximate surface area is 173 Å². The minimum absolute atomic E-state index is 0.0217. The highest BCUT2D eigenvalue weighted by atomic mass is 16.5. The quantitative estimate of drug-likeness (QED) is 0.840. The number of nitrogens with one attached hydrogen (secondary N) is 1. The van der Waals surface area contributed by atoms with Crippen molar-refractivity contribution < 1.29 is 9.53 Å². The summed E-state index contributed by atoms with van der Waals surface area (Å²) in [6.45, 7) is 6.90. The first-order valence-electron chi connectivity index (χ1n) is 11.0. The smallest absolute Gasteiger partial charge is 0.251 e. The van der Waals surface area contributed by atoms with Crippen molar-refractivity contribution in [2.45, 2.75) is 70.9 Å². The van der Waals surface area contributed by atoms with Crippen molar-refractivity contribution in [1.82, 2.24) is 20.1 Å². The number of carbonyl (C=O) groups excluding carboxylic acids is 1. The van der Waals surface area contributed by atoms with E-state index in [9.17, 15) is 4.79 Å². The summed E-state index contributed by atoms with van der Waals surface area (Å²) >= 11 is 0. The van der Waals surface area contributed by atoms with E-state index in [4.69, 9.17) is 4.74 Å². The molecule has 1 fully saturated rings. The van der Waals surface area contributed by atoms with Crippen molar-refractivity contribution >= 4 is 5.91 Å². The Morgan fingerprint density at radius 2 is 1.90 bits per heavy atom. The van der Waals surface area contributed by atoms with Gasteiger partial charge in [-0.1, -0.05) is 26.0 Å². The molecule has 1 atom stereocenters. The maximum atomic E-state index is 12.7. The van der Waals surface area contributed by atoms with Crippen LogP contribution < -0.4 is 5.32 Å². The highest BCUT2D eigenvalue weighted by Gasteiger charge is 2.26. The van der Waals surface area contributed by atoms with Crippen LogP contribution >= 0.6 is 0 Å². The van der Waals surface area contributed by atoms with Crippen molar-refractivity contribution in [3.63, 3.8) is 0 Å². The van der Waals surface area contributed by atoms with Gasteiger partial charge in [-0.3, -0.25) is 4.79 Å². The Morgan fingerprint density at radius 3 is 2.62 bits per heavy atom. The van der Waals surface area contributed by atoms with Gasteiger partial charge < -0.3 is 14.6 Å². The zero-order valence-corrected chi connectivity index (χ0v) is 17.6. The summed E-state index contributed by atoms with van der Waals surface area (Å²) < 4.78 is 7.78. The van der Waals surface area contributed by atoms with Crippen LogP contribution in [-0.4, -0.2) is 39.9 Å². The van der Waals surface area contributed by atoms with E-state index in [1.165, 1.54) is 5.56 Å². The monoisotopic (exact) mass is 396 g/mol. The molecule has 0 spiro atoms. The molecular weight excluding hydrogens is 364 g/mol. The Bertz CT molecular complexity index is 822. The van der Waals surface area contributed by atoms with Gasteiger partial charge in [0.1, 0.15) is 11.6 Å². The number of ether oxygens (including phenoxy) is 1. The molecule has 6 heteroatoms. The number of rotatable bonds is 5. The maximum absolute atomic E-state index is 12.7. The number of carbonyl (C=O) groups is 1. The molecule has 2 aromatic rings. The average molecular weight is 397 g/mol. The van der Waals surface area contributed by atoms with E-state index >= 15 is 0 Å². The molecule has 2 aliphatic heterocycles. The lowest BCUT2D eigenvalue weighted by atomic mass is 9.99. The third-order valence-corrected chi connectivity index (χ3v) is 6.06. The Kier molecular flexibility index (Phi) is 6.28. The standard InChI is InChI=1S/C23H32N4O2/c1-16(2)15-17-3-5-19(6-4-17)23(28)24-20-7-8-21-25-26-22(27(21)12-9-20)18-10-13-29-14-11-18/h3-6,16,18,20H,7-15H2,1-2H3,(H,24,28). The molecule has 2 aliphatic rings. The SMILES string of the molecule is CC(C)Cc1ccc(C(=O)NC2CCc3nnc(C4CCOCC4)n3CC2)cc1. The zero-order chi connectivity index (χ0) is 20.2. The first-order chi connectivity index (χ1) is 14.1. The maximum Gasteiger partial charge on any atom is 0.251 e. The minimum atomic E-state index is 0.0217. The topological polar surface area (TPSA) is 69.0 Å². The number of nitrogens with zero attached hydrogens (tertiary/aromatic N) is 3. The molecule has 6 nitrogen and oxygen atoms in total. The van der Waals surface area contributed by atoms with Gasteiger partial charge in [0.2, 0.25) is 0 Å². The van der Waals surface area contributed by atoms with Crippen molar-refractivity contribution in [1.29, 1.82) is 0 Å². The second-order valence-corrected chi connectivity index (χ2v) is 8.81. The highest BCUT2D eigenvalue weighted by Crippen LogP contribution is 2.28. The fourth-order valence-corrected chi connectivity index (χ4v) is 4.44. The predicted molar refractivity (Wildman–Crippen MR) is 112 cm³/mol. The number of hydrogen-bond donors (Lipinski definition) is 1. The van der Waals surface area contributed by atoms with Gasteiger partial charge in [0.15, 0.2) is 0 Å². The van der Waals surface area contributed by atoms with E-state index in [1.54, 1.807) is 0 Å². The van der Waals surface area contributed by atoms with E-state index in [0.29, 0.717) is 11.8 Å². The number of hydrogen-bond acceptors (Lipinski definition) is 4. The first-order valence-corrected chi connectivity index (χ1v) is 11.0. The second kappa shape index (κ2) is 9.08. The molecule has 0 saturated carbocycles. The molecule has 29 heavy (non-hydrogen) atoms. The number of fused-ring (bicyclic) bond motifs is 1. The lowest BCUT2D eigenvalue weighted by molar-refractivity contribution is 0.0826. The number of aromatic nitrogens is 3. The molecule has 1 unspecified atom stereocenters. The summed E-state index contributed by atoms with van der Waals surface area (Å²) in [7, 11) is 0. The average Bonchev–Trinajstić information content (AvgIpc) is 3.03. The summed E-state index contributed by atoms with van der Waals surface area (Å²) in [6, 6.07) is 8.21. The van der Waals surface area contributed by atoms with Gasteiger partial charge in [0, 0.05) is 43.7 Å². The molecule has 1 N–H and O–H groups in total. The summed E-state index contributed by atoms with van der Waals surface area (Å²) in [6.07, 6.45) is 5.76. The molecule has 3 heterocycles. The van der Waals surface area contributed by atoms with Crippen molar-refractivity contribution in [2.75, 3.05) is 13.2 Å². The van der Waals surface area contributed by atoms with E-state index in [0.717, 1.165) is 75.5 Å². The Hall–Kier alpha value is -2.21. The van der Waals surface area contributed by atoms with Crippen LogP contribution in [0.5, 0.6) is 0 Å². The third kappa shape index (κ3) is 4.86. The summed E-state index contributed by atoms with van der Waals surface area (Å²) in [4.78, 5) is 12.7. The molecule has 0 aliphatic carbocycles. The minimum Gasteiger partial charge on any atom is -0.381 e. The van der Waals surface area contributed by atoms with Gasteiger partial charge in [0.25, 0.3) is 5.91 Å². The van der Waals surface area contributed by atoms with E-state index in [-0.39, 0.29) is 11.9 Å².